The van der Waals surface area contributed by atoms with Crippen molar-refractivity contribution in [2.24, 2.45) is 0 Å². The van der Waals surface area contributed by atoms with Gasteiger partial charge in [0.05, 0.1) is 17.6 Å². The highest BCUT2D eigenvalue weighted by molar-refractivity contribution is 6.04. The number of allylic oxidation sites excluding steroid dienone is 2. The monoisotopic (exact) mass is 228 g/mol. The van der Waals surface area contributed by atoms with Crippen molar-refractivity contribution in [2.45, 2.75) is 12.8 Å². The molecule has 0 amide bonds. The summed E-state index contributed by atoms with van der Waals surface area (Å²) < 4.78 is 16.6. The van der Waals surface area contributed by atoms with Crippen molar-refractivity contribution in [3.05, 3.63) is 35.1 Å². The molecule has 0 aliphatic carbocycles. The molecule has 0 aromatic heterocycles. The van der Waals surface area contributed by atoms with Gasteiger partial charge in [-0.2, -0.15) is 0 Å². The molecule has 5 nitrogen and oxygen atoms in total. The molecule has 4 heterocycles. The Bertz CT molecular complexity index is 607. The van der Waals surface area contributed by atoms with Crippen LogP contribution in [0.3, 0.4) is 0 Å². The third-order valence-electron chi connectivity index (χ3n) is 3.02. The van der Waals surface area contributed by atoms with Crippen LogP contribution in [0.4, 0.5) is 0 Å². The fraction of sp³-hybridized carbons (Fsp3) is 0.167. The lowest BCUT2D eigenvalue weighted by atomic mass is 10.2. The Labute approximate surface area is 96.4 Å². The number of ether oxygens (including phenoxy) is 2. The van der Waals surface area contributed by atoms with Crippen molar-refractivity contribution in [3.63, 3.8) is 0 Å². The highest BCUT2D eigenvalue weighted by atomic mass is 16.5. The van der Waals surface area contributed by atoms with E-state index in [1.165, 1.54) is 0 Å². The Morgan fingerprint density at radius 1 is 1.18 bits per heavy atom. The topological polar surface area (TPSA) is 52.6 Å². The molecular weight excluding hydrogens is 220 g/mol. The minimum Gasteiger partial charge on any atom is -0.419 e. The van der Waals surface area contributed by atoms with Gasteiger partial charge in [0.1, 0.15) is 6.42 Å². The van der Waals surface area contributed by atoms with Gasteiger partial charge in [-0.1, -0.05) is 4.67 Å². The summed E-state index contributed by atoms with van der Waals surface area (Å²) in [6, 6.07) is 0. The fourth-order valence-electron chi connectivity index (χ4n) is 2.20. The quantitative estimate of drug-likeness (QED) is 0.332. The van der Waals surface area contributed by atoms with E-state index in [1.807, 2.05) is 10.8 Å². The maximum atomic E-state index is 11.1. The second-order valence-electron chi connectivity index (χ2n) is 4.18. The van der Waals surface area contributed by atoms with E-state index in [2.05, 4.69) is 4.67 Å². The fourth-order valence-corrected chi connectivity index (χ4v) is 2.20. The van der Waals surface area contributed by atoms with E-state index in [9.17, 15) is 4.79 Å². The molecule has 0 atom stereocenters. The predicted octanol–water partition coefficient (Wildman–Crippen LogP) is -0.0200. The van der Waals surface area contributed by atoms with E-state index in [1.54, 1.807) is 18.6 Å². The maximum absolute atomic E-state index is 11.1. The van der Waals surface area contributed by atoms with E-state index in [0.29, 0.717) is 12.2 Å². The maximum Gasteiger partial charge on any atom is 0.357 e. The largest absolute Gasteiger partial charge is 0.419 e. The molecule has 4 rings (SSSR count). The number of carbonyl (C=O) groups excluding carboxylic acids is 1. The summed E-state index contributed by atoms with van der Waals surface area (Å²) >= 11 is 0. The SMILES string of the molecule is O=C1CC2=C/[N+](=C3\CC4=C(C=[N+]=C4)O3)C=C2O1. The van der Waals surface area contributed by atoms with Gasteiger partial charge in [0.2, 0.25) is 17.7 Å². The third kappa shape index (κ3) is 1.17. The van der Waals surface area contributed by atoms with E-state index < -0.39 is 0 Å². The first-order valence-corrected chi connectivity index (χ1v) is 5.35. The van der Waals surface area contributed by atoms with Crippen LogP contribution in [-0.2, 0) is 14.3 Å². The van der Waals surface area contributed by atoms with Crippen LogP contribution < -0.4 is 4.67 Å². The van der Waals surface area contributed by atoms with Crippen molar-refractivity contribution in [3.8, 4) is 0 Å². The molecule has 4 aliphatic rings. The van der Waals surface area contributed by atoms with Gasteiger partial charge >= 0.3 is 24.3 Å². The molecule has 0 spiro atoms. The summed E-state index contributed by atoms with van der Waals surface area (Å²) in [5.74, 6) is 2.07. The summed E-state index contributed by atoms with van der Waals surface area (Å²) in [6.45, 7) is 0. The summed E-state index contributed by atoms with van der Waals surface area (Å²) in [6.07, 6.45) is 8.25. The van der Waals surface area contributed by atoms with Gasteiger partial charge in [-0.15, -0.1) is 4.58 Å². The molecule has 0 N–H and O–H groups in total. The Morgan fingerprint density at radius 2 is 2.12 bits per heavy atom. The second-order valence-corrected chi connectivity index (χ2v) is 4.18. The molecule has 0 radical (unpaired) electrons. The summed E-state index contributed by atoms with van der Waals surface area (Å²) in [7, 11) is 0. The first-order chi connectivity index (χ1) is 8.29. The van der Waals surface area contributed by atoms with Gasteiger partial charge in [0, 0.05) is 0 Å². The molecule has 0 aromatic rings. The summed E-state index contributed by atoms with van der Waals surface area (Å²) in [5, 5.41) is 0. The Balaban J connectivity index is 1.68. The van der Waals surface area contributed by atoms with Crippen molar-refractivity contribution in [1.29, 1.82) is 0 Å². The van der Waals surface area contributed by atoms with Crippen molar-refractivity contribution < 1.29 is 18.8 Å². The Morgan fingerprint density at radius 3 is 2.94 bits per heavy atom. The number of nitrogens with zero attached hydrogens (tertiary/aromatic N) is 2. The number of hydrogen-bond donors (Lipinski definition) is 0. The van der Waals surface area contributed by atoms with Gasteiger partial charge in [-0.25, -0.2) is 0 Å². The van der Waals surface area contributed by atoms with Gasteiger partial charge in [0.15, 0.2) is 6.20 Å². The number of rotatable bonds is 0. The second kappa shape index (κ2) is 2.84. The minimum absolute atomic E-state index is 0.194. The van der Waals surface area contributed by atoms with Gasteiger partial charge in [-0.3, -0.25) is 4.79 Å². The zero-order chi connectivity index (χ0) is 11.4. The number of esters is 1. The molecule has 4 aliphatic heterocycles. The van der Waals surface area contributed by atoms with Crippen molar-refractivity contribution >= 4 is 24.3 Å². The first kappa shape index (κ1) is 8.73. The van der Waals surface area contributed by atoms with Crippen LogP contribution in [0, 0.1) is 0 Å². The molecule has 0 unspecified atom stereocenters. The van der Waals surface area contributed by atoms with Crippen LogP contribution in [0.5, 0.6) is 0 Å². The van der Waals surface area contributed by atoms with Crippen LogP contribution in [0.2, 0.25) is 0 Å². The van der Waals surface area contributed by atoms with Gasteiger partial charge in [0.25, 0.3) is 0 Å². The minimum atomic E-state index is -0.194. The smallest absolute Gasteiger partial charge is 0.357 e. The van der Waals surface area contributed by atoms with Crippen LogP contribution in [-0.4, -0.2) is 28.9 Å². The molecule has 1 fully saturated rings. The molecule has 82 valence electrons. The molecule has 0 bridgehead atoms. The first-order valence-electron chi connectivity index (χ1n) is 5.35. The summed E-state index contributed by atoms with van der Waals surface area (Å²) in [4.78, 5) is 11.1. The van der Waals surface area contributed by atoms with Crippen molar-refractivity contribution in [1.82, 2.24) is 4.67 Å². The average molecular weight is 228 g/mol. The van der Waals surface area contributed by atoms with E-state index in [4.69, 9.17) is 9.47 Å². The lowest BCUT2D eigenvalue weighted by Gasteiger charge is -1.93. The Hall–Kier alpha value is -2.39. The van der Waals surface area contributed by atoms with E-state index in [0.717, 1.165) is 29.2 Å². The molecule has 0 saturated carbocycles. The molecular formula is C12H8N2O3+2. The lowest BCUT2D eigenvalue weighted by Crippen LogP contribution is -2.11. The molecule has 17 heavy (non-hydrogen) atoms. The number of fused-ring (bicyclic) bond motifs is 1. The van der Waals surface area contributed by atoms with E-state index in [-0.39, 0.29) is 5.97 Å². The number of carbonyl (C=O) groups is 1. The standard InChI is InChI=1S/C12H8N2O3/c15-12-2-8-5-14(6-10(8)17-12)11-1-7-3-13-4-9(7)16-11/h3-6H,1-2H2/q+2/b14-11-. The lowest BCUT2D eigenvalue weighted by molar-refractivity contribution is -0.387. The van der Waals surface area contributed by atoms with Crippen LogP contribution in [0.15, 0.2) is 35.1 Å². The molecule has 1 saturated heterocycles. The van der Waals surface area contributed by atoms with E-state index >= 15 is 0 Å². The van der Waals surface area contributed by atoms with Crippen LogP contribution in [0.1, 0.15) is 12.8 Å². The molecule has 5 heteroatoms. The Kier molecular flexibility index (Phi) is 1.46. The highest BCUT2D eigenvalue weighted by Crippen LogP contribution is 2.30. The van der Waals surface area contributed by atoms with Gasteiger partial charge in [-0.05, 0) is 0 Å². The van der Waals surface area contributed by atoms with Crippen LogP contribution in [0.25, 0.3) is 0 Å². The third-order valence-corrected chi connectivity index (χ3v) is 3.02. The zero-order valence-corrected chi connectivity index (χ0v) is 8.84. The van der Waals surface area contributed by atoms with Crippen LogP contribution >= 0.6 is 0 Å². The highest BCUT2D eigenvalue weighted by Gasteiger charge is 2.38. The summed E-state index contributed by atoms with van der Waals surface area (Å²) in [5.41, 5.74) is 2.00. The molecule has 0 aromatic carbocycles. The predicted molar refractivity (Wildman–Crippen MR) is 59.1 cm³/mol. The average Bonchev–Trinajstić information content (AvgIpc) is 2.90. The van der Waals surface area contributed by atoms with Gasteiger partial charge < -0.3 is 9.47 Å². The zero-order valence-electron chi connectivity index (χ0n) is 8.84. The number of hydrogen-bond acceptors (Lipinski definition) is 3. The van der Waals surface area contributed by atoms with Crippen molar-refractivity contribution in [2.75, 3.05) is 0 Å². The normalized spacial score (nSPS) is 28.1.